The zero-order chi connectivity index (χ0) is 24.9. The van der Waals surface area contributed by atoms with Gasteiger partial charge in [-0.15, -0.1) is 11.3 Å². The summed E-state index contributed by atoms with van der Waals surface area (Å²) in [5, 5.41) is 10.2. The van der Waals surface area contributed by atoms with Crippen LogP contribution in [-0.4, -0.2) is 54.5 Å². The van der Waals surface area contributed by atoms with Crippen molar-refractivity contribution >= 4 is 55.3 Å². The number of carbonyl (C=O) groups excluding carboxylic acids is 2. The molecule has 0 radical (unpaired) electrons. The number of benzene rings is 1. The van der Waals surface area contributed by atoms with Crippen LogP contribution in [0.15, 0.2) is 51.4 Å². The molecule has 34 heavy (non-hydrogen) atoms. The summed E-state index contributed by atoms with van der Waals surface area (Å²) in [6, 6.07) is 6.82. The van der Waals surface area contributed by atoms with Crippen LogP contribution < -0.4 is 0 Å². The number of carbonyl (C=O) groups is 2. The predicted molar refractivity (Wildman–Crippen MR) is 131 cm³/mol. The zero-order valence-corrected chi connectivity index (χ0v) is 22.2. The second kappa shape index (κ2) is 11.7. The summed E-state index contributed by atoms with van der Waals surface area (Å²) < 4.78 is 40.5. The number of amides is 1. The van der Waals surface area contributed by atoms with E-state index in [1.807, 2.05) is 0 Å². The Morgan fingerprint density at radius 1 is 1.41 bits per heavy atom. The maximum absolute atomic E-state index is 14.7. The fourth-order valence-corrected chi connectivity index (χ4v) is 5.74. The summed E-state index contributed by atoms with van der Waals surface area (Å²) in [5.41, 5.74) is -0.313. The summed E-state index contributed by atoms with van der Waals surface area (Å²) in [6.45, 7) is 0.491. The van der Waals surface area contributed by atoms with Crippen LogP contribution in [0.5, 0.6) is 0 Å². The first kappa shape index (κ1) is 26.8. The molecule has 6 nitrogen and oxygen atoms in total. The fraction of sp³-hybridized carbons (Fsp3) is 0.391. The van der Waals surface area contributed by atoms with Crippen LogP contribution in [0.25, 0.3) is 0 Å². The molecule has 1 aliphatic heterocycles. The molecular formula is C23H23Br2F2NO5S. The lowest BCUT2D eigenvalue weighted by Crippen LogP contribution is -2.45. The van der Waals surface area contributed by atoms with Crippen LogP contribution in [0, 0.1) is 0 Å². The van der Waals surface area contributed by atoms with Crippen molar-refractivity contribution in [3.8, 4) is 0 Å². The number of hydrogen-bond acceptors (Lipinski definition) is 6. The Morgan fingerprint density at radius 3 is 2.88 bits per heavy atom. The highest BCUT2D eigenvalue weighted by atomic mass is 79.9. The molecule has 1 aromatic heterocycles. The number of rotatable bonds is 9. The molecule has 1 aromatic carbocycles. The number of alkyl halides is 2. The maximum Gasteiger partial charge on any atom is 0.410 e. The molecule has 1 saturated heterocycles. The Bertz CT molecular complexity index is 1060. The van der Waals surface area contributed by atoms with Crippen molar-refractivity contribution in [1.82, 2.24) is 4.90 Å². The number of halogens is 4. The van der Waals surface area contributed by atoms with Gasteiger partial charge in [-0.05, 0) is 47.0 Å². The molecule has 2 aromatic rings. The average molecular weight is 623 g/mol. The summed E-state index contributed by atoms with van der Waals surface area (Å²) in [4.78, 5) is 26.9. The molecule has 11 heteroatoms. The molecule has 1 aliphatic rings. The Balaban J connectivity index is 1.64. The number of aliphatic hydroxyl groups excluding tert-OH is 1. The molecule has 1 N–H and O–H groups in total. The van der Waals surface area contributed by atoms with E-state index in [4.69, 9.17) is 9.47 Å². The van der Waals surface area contributed by atoms with E-state index in [1.165, 1.54) is 47.6 Å². The first-order chi connectivity index (χ1) is 16.1. The van der Waals surface area contributed by atoms with Crippen LogP contribution in [0.2, 0.25) is 0 Å². The van der Waals surface area contributed by atoms with E-state index in [9.17, 15) is 23.5 Å². The van der Waals surface area contributed by atoms with Crippen molar-refractivity contribution in [2.45, 2.75) is 37.3 Å². The van der Waals surface area contributed by atoms with Crippen molar-refractivity contribution in [2.24, 2.45) is 0 Å². The van der Waals surface area contributed by atoms with Gasteiger partial charge in [0, 0.05) is 32.4 Å². The van der Waals surface area contributed by atoms with Crippen molar-refractivity contribution in [1.29, 1.82) is 0 Å². The van der Waals surface area contributed by atoms with Gasteiger partial charge in [-0.2, -0.15) is 8.78 Å². The van der Waals surface area contributed by atoms with E-state index in [0.29, 0.717) is 35.2 Å². The third kappa shape index (κ3) is 6.44. The Morgan fingerprint density at radius 2 is 2.18 bits per heavy atom. The molecular weight excluding hydrogens is 600 g/mol. The van der Waals surface area contributed by atoms with Crippen LogP contribution in [0.3, 0.4) is 0 Å². The van der Waals surface area contributed by atoms with Crippen molar-refractivity contribution < 1.29 is 33.0 Å². The number of aryl methyl sites for hydroxylation is 1. The van der Waals surface area contributed by atoms with E-state index in [2.05, 4.69) is 31.9 Å². The number of ether oxygens (including phenoxy) is 2. The predicted octanol–water partition coefficient (Wildman–Crippen LogP) is 5.91. The highest BCUT2D eigenvalue weighted by Crippen LogP contribution is 2.34. The topological polar surface area (TPSA) is 76.1 Å². The molecule has 3 rings (SSSR count). The average Bonchev–Trinajstić information content (AvgIpc) is 3.18. The molecule has 184 valence electrons. The van der Waals surface area contributed by atoms with Crippen LogP contribution in [0.4, 0.5) is 13.6 Å². The quantitative estimate of drug-likeness (QED) is 0.278. The lowest BCUT2D eigenvalue weighted by atomic mass is 10.0. The Kier molecular flexibility index (Phi) is 9.25. The minimum absolute atomic E-state index is 0.168. The van der Waals surface area contributed by atoms with Gasteiger partial charge in [0.1, 0.15) is 11.0 Å². The number of aliphatic hydroxyl groups is 1. The Hall–Kier alpha value is -1.82. The van der Waals surface area contributed by atoms with Gasteiger partial charge in [0.2, 0.25) is 0 Å². The van der Waals surface area contributed by atoms with Gasteiger partial charge in [0.15, 0.2) is 0 Å². The minimum Gasteiger partial charge on any atom is -0.465 e. The summed E-state index contributed by atoms with van der Waals surface area (Å²) in [5.74, 6) is -3.91. The number of esters is 1. The van der Waals surface area contributed by atoms with Crippen LogP contribution in [-0.2, 0) is 21.8 Å². The number of thiophene rings is 1. The highest BCUT2D eigenvalue weighted by molar-refractivity contribution is 9.10. The second-order valence-electron chi connectivity index (χ2n) is 7.60. The van der Waals surface area contributed by atoms with Crippen LogP contribution >= 0.6 is 43.2 Å². The Labute approximate surface area is 216 Å². The smallest absolute Gasteiger partial charge is 0.410 e. The third-order valence-electron chi connectivity index (χ3n) is 5.32. The van der Waals surface area contributed by atoms with Gasteiger partial charge >= 0.3 is 18.0 Å². The number of cyclic esters (lactones) is 1. The van der Waals surface area contributed by atoms with E-state index in [0.717, 1.165) is 15.4 Å². The van der Waals surface area contributed by atoms with E-state index in [1.54, 1.807) is 12.1 Å². The van der Waals surface area contributed by atoms with Crippen molar-refractivity contribution in [2.75, 3.05) is 20.3 Å². The van der Waals surface area contributed by atoms with E-state index < -0.39 is 30.1 Å². The molecule has 0 spiro atoms. The van der Waals surface area contributed by atoms with Gasteiger partial charge in [-0.3, -0.25) is 0 Å². The van der Waals surface area contributed by atoms with Crippen molar-refractivity contribution in [3.05, 3.63) is 66.7 Å². The zero-order valence-electron chi connectivity index (χ0n) is 18.2. The van der Waals surface area contributed by atoms with Crippen molar-refractivity contribution in [3.63, 3.8) is 0 Å². The lowest BCUT2D eigenvalue weighted by Gasteiger charge is -2.33. The maximum atomic E-state index is 14.7. The summed E-state index contributed by atoms with van der Waals surface area (Å²) in [6.07, 6.45) is 1.47. The highest BCUT2D eigenvalue weighted by Gasteiger charge is 2.39. The fourth-order valence-electron chi connectivity index (χ4n) is 3.51. The summed E-state index contributed by atoms with van der Waals surface area (Å²) >= 11 is 7.90. The SMILES string of the molecule is COC(=O)c1cc(Br)c(CCCN2C(=O)OCC[C@@H]2/C=C/[C@@H](O)C(F)(F)c2cccc(Br)c2)s1. The van der Waals surface area contributed by atoms with Crippen LogP contribution in [0.1, 0.15) is 33.0 Å². The van der Waals surface area contributed by atoms with E-state index in [-0.39, 0.29) is 12.2 Å². The molecule has 0 bridgehead atoms. The van der Waals surface area contributed by atoms with E-state index >= 15 is 0 Å². The molecule has 2 atom stereocenters. The first-order valence-corrected chi connectivity index (χ1v) is 12.8. The lowest BCUT2D eigenvalue weighted by molar-refractivity contribution is -0.0930. The molecule has 0 saturated carbocycles. The first-order valence-electron chi connectivity index (χ1n) is 10.4. The van der Waals surface area contributed by atoms with Gasteiger partial charge in [-0.25, -0.2) is 9.59 Å². The van der Waals surface area contributed by atoms with Gasteiger partial charge < -0.3 is 19.5 Å². The molecule has 2 heterocycles. The van der Waals surface area contributed by atoms with Gasteiger partial charge in [0.05, 0.1) is 19.8 Å². The normalized spacial score (nSPS) is 17.6. The minimum atomic E-state index is -3.50. The summed E-state index contributed by atoms with van der Waals surface area (Å²) in [7, 11) is 1.32. The number of hydrogen-bond donors (Lipinski definition) is 1. The van der Waals surface area contributed by atoms with Gasteiger partial charge in [0.25, 0.3) is 0 Å². The monoisotopic (exact) mass is 621 g/mol. The molecule has 1 amide bonds. The molecule has 0 unspecified atom stereocenters. The standard InChI is InChI=1S/C23H23Br2F2NO5S/c1-32-21(30)19-13-17(25)18(34-19)6-3-10-28-16(9-11-33-22(28)31)7-8-20(29)23(26,27)14-4-2-5-15(24)12-14/h2,4-5,7-8,12-13,16,20,29H,3,6,9-11H2,1H3/b8-7+/t16-,20+/m0/s1. The molecule has 1 fully saturated rings. The van der Waals surface area contributed by atoms with Gasteiger partial charge in [-0.1, -0.05) is 40.2 Å². The molecule has 0 aliphatic carbocycles. The third-order valence-corrected chi connectivity index (χ3v) is 7.96. The number of methoxy groups -OCH3 is 1. The second-order valence-corrected chi connectivity index (χ2v) is 10.5. The number of nitrogens with zero attached hydrogens (tertiary/aromatic N) is 1. The largest absolute Gasteiger partial charge is 0.465 e.